The second kappa shape index (κ2) is 6.35. The molecule has 1 N–H and O–H groups in total. The molecule has 1 aliphatic heterocycles. The van der Waals surface area contributed by atoms with Crippen LogP contribution in [-0.2, 0) is 9.47 Å². The summed E-state index contributed by atoms with van der Waals surface area (Å²) in [7, 11) is 0. The van der Waals surface area contributed by atoms with Crippen molar-refractivity contribution in [2.24, 2.45) is 0 Å². The molecule has 0 spiro atoms. The Morgan fingerprint density at radius 1 is 1.31 bits per heavy atom. The molecule has 2 atom stereocenters. The lowest BCUT2D eigenvalue weighted by molar-refractivity contribution is -0.0112. The Hall–Kier alpha value is -0.120. The van der Waals surface area contributed by atoms with Crippen molar-refractivity contribution in [3.05, 3.63) is 0 Å². The summed E-state index contributed by atoms with van der Waals surface area (Å²) in [5.74, 6) is 0. The van der Waals surface area contributed by atoms with E-state index in [0.717, 1.165) is 32.7 Å². The van der Waals surface area contributed by atoms with Crippen molar-refractivity contribution >= 4 is 0 Å². The first-order valence-corrected chi connectivity index (χ1v) is 5.30. The SMILES string of the molecule is CCNCC1CCC(COCC)O1. The molecule has 1 fully saturated rings. The first-order chi connectivity index (χ1) is 6.36. The van der Waals surface area contributed by atoms with Gasteiger partial charge in [0.15, 0.2) is 0 Å². The second-order valence-corrected chi connectivity index (χ2v) is 3.42. The molecule has 0 aromatic rings. The lowest BCUT2D eigenvalue weighted by Crippen LogP contribution is -2.27. The zero-order valence-corrected chi connectivity index (χ0v) is 8.71. The van der Waals surface area contributed by atoms with Crippen LogP contribution in [0.5, 0.6) is 0 Å². The van der Waals surface area contributed by atoms with Gasteiger partial charge in [-0.3, -0.25) is 0 Å². The van der Waals surface area contributed by atoms with Crippen molar-refractivity contribution in [2.75, 3.05) is 26.3 Å². The Morgan fingerprint density at radius 2 is 2.08 bits per heavy atom. The number of nitrogens with one attached hydrogen (secondary N) is 1. The summed E-state index contributed by atoms with van der Waals surface area (Å²) in [6, 6.07) is 0. The fraction of sp³-hybridized carbons (Fsp3) is 1.00. The van der Waals surface area contributed by atoms with Crippen LogP contribution < -0.4 is 5.32 Å². The van der Waals surface area contributed by atoms with Crippen LogP contribution in [0, 0.1) is 0 Å². The van der Waals surface area contributed by atoms with Crippen LogP contribution in [0.4, 0.5) is 0 Å². The maximum atomic E-state index is 5.78. The summed E-state index contributed by atoms with van der Waals surface area (Å²) in [6.07, 6.45) is 3.06. The average molecular weight is 187 g/mol. The van der Waals surface area contributed by atoms with E-state index < -0.39 is 0 Å². The zero-order chi connectivity index (χ0) is 9.52. The molecule has 0 amide bonds. The van der Waals surface area contributed by atoms with Gasteiger partial charge in [-0.05, 0) is 26.3 Å². The minimum Gasteiger partial charge on any atom is -0.379 e. The van der Waals surface area contributed by atoms with E-state index >= 15 is 0 Å². The standard InChI is InChI=1S/C10H21NO2/c1-3-11-7-9-5-6-10(13-9)8-12-4-2/h9-11H,3-8H2,1-2H3. The van der Waals surface area contributed by atoms with Crippen molar-refractivity contribution < 1.29 is 9.47 Å². The fourth-order valence-corrected chi connectivity index (χ4v) is 1.61. The van der Waals surface area contributed by atoms with Crippen molar-refractivity contribution in [3.63, 3.8) is 0 Å². The second-order valence-electron chi connectivity index (χ2n) is 3.42. The molecular formula is C10H21NO2. The van der Waals surface area contributed by atoms with Crippen LogP contribution in [0.25, 0.3) is 0 Å². The van der Waals surface area contributed by atoms with Crippen molar-refractivity contribution in [3.8, 4) is 0 Å². The maximum absolute atomic E-state index is 5.78. The third-order valence-electron chi connectivity index (χ3n) is 2.33. The Kier molecular flexibility index (Phi) is 5.35. The van der Waals surface area contributed by atoms with E-state index in [2.05, 4.69) is 12.2 Å². The Bertz CT molecular complexity index is 116. The molecule has 0 saturated carbocycles. The molecule has 3 nitrogen and oxygen atoms in total. The van der Waals surface area contributed by atoms with Crippen LogP contribution in [0.15, 0.2) is 0 Å². The minimum atomic E-state index is 0.337. The summed E-state index contributed by atoms with van der Waals surface area (Å²) in [5.41, 5.74) is 0. The molecule has 1 saturated heterocycles. The molecule has 0 aliphatic carbocycles. The van der Waals surface area contributed by atoms with E-state index in [-0.39, 0.29) is 0 Å². The topological polar surface area (TPSA) is 30.5 Å². The molecule has 13 heavy (non-hydrogen) atoms. The average Bonchev–Trinajstić information content (AvgIpc) is 2.59. The van der Waals surface area contributed by atoms with Gasteiger partial charge in [0, 0.05) is 13.2 Å². The summed E-state index contributed by atoms with van der Waals surface area (Å²) < 4.78 is 11.1. The van der Waals surface area contributed by atoms with Crippen molar-refractivity contribution in [2.45, 2.75) is 38.9 Å². The van der Waals surface area contributed by atoms with Crippen LogP contribution in [0.3, 0.4) is 0 Å². The highest BCUT2D eigenvalue weighted by atomic mass is 16.5. The van der Waals surface area contributed by atoms with Gasteiger partial charge in [-0.25, -0.2) is 0 Å². The molecule has 2 unspecified atom stereocenters. The Morgan fingerprint density at radius 3 is 2.77 bits per heavy atom. The molecule has 3 heteroatoms. The zero-order valence-electron chi connectivity index (χ0n) is 8.71. The third kappa shape index (κ3) is 4.07. The van der Waals surface area contributed by atoms with Gasteiger partial charge < -0.3 is 14.8 Å². The number of rotatable bonds is 6. The molecule has 0 radical (unpaired) electrons. The van der Waals surface area contributed by atoms with Gasteiger partial charge in [0.05, 0.1) is 18.8 Å². The number of likely N-dealkylation sites (N-methyl/N-ethyl adjacent to an activating group) is 1. The van der Waals surface area contributed by atoms with Crippen LogP contribution >= 0.6 is 0 Å². The van der Waals surface area contributed by atoms with Gasteiger partial charge in [0.1, 0.15) is 0 Å². The highest BCUT2D eigenvalue weighted by molar-refractivity contribution is 4.74. The summed E-state index contributed by atoms with van der Waals surface area (Å²) in [6.45, 7) is 7.70. The first kappa shape index (κ1) is 11.0. The highest BCUT2D eigenvalue weighted by Gasteiger charge is 2.24. The lowest BCUT2D eigenvalue weighted by Gasteiger charge is -2.13. The van der Waals surface area contributed by atoms with E-state index in [4.69, 9.17) is 9.47 Å². The van der Waals surface area contributed by atoms with E-state index in [0.29, 0.717) is 12.2 Å². The molecular weight excluding hydrogens is 166 g/mol. The molecule has 0 bridgehead atoms. The molecule has 0 aromatic carbocycles. The first-order valence-electron chi connectivity index (χ1n) is 5.30. The van der Waals surface area contributed by atoms with E-state index in [1.807, 2.05) is 6.92 Å². The molecule has 1 aliphatic rings. The number of ether oxygens (including phenoxy) is 2. The summed E-state index contributed by atoms with van der Waals surface area (Å²) in [5, 5.41) is 3.30. The minimum absolute atomic E-state index is 0.337. The van der Waals surface area contributed by atoms with Gasteiger partial charge in [0.25, 0.3) is 0 Å². The normalized spacial score (nSPS) is 28.2. The third-order valence-corrected chi connectivity index (χ3v) is 2.33. The van der Waals surface area contributed by atoms with Crippen LogP contribution in [0.2, 0.25) is 0 Å². The van der Waals surface area contributed by atoms with Gasteiger partial charge in [-0.2, -0.15) is 0 Å². The van der Waals surface area contributed by atoms with Gasteiger partial charge in [-0.15, -0.1) is 0 Å². The molecule has 0 aromatic heterocycles. The molecule has 1 heterocycles. The summed E-state index contributed by atoms with van der Waals surface area (Å²) >= 11 is 0. The van der Waals surface area contributed by atoms with Crippen LogP contribution in [-0.4, -0.2) is 38.5 Å². The Balaban J connectivity index is 2.05. The van der Waals surface area contributed by atoms with Crippen molar-refractivity contribution in [1.29, 1.82) is 0 Å². The Labute approximate surface area is 80.8 Å². The number of hydrogen-bond acceptors (Lipinski definition) is 3. The largest absolute Gasteiger partial charge is 0.379 e. The molecule has 78 valence electrons. The lowest BCUT2D eigenvalue weighted by atomic mass is 10.2. The van der Waals surface area contributed by atoms with E-state index in [1.54, 1.807) is 0 Å². The fourth-order valence-electron chi connectivity index (χ4n) is 1.61. The monoisotopic (exact) mass is 187 g/mol. The van der Waals surface area contributed by atoms with Gasteiger partial charge in [0.2, 0.25) is 0 Å². The van der Waals surface area contributed by atoms with Gasteiger partial charge >= 0.3 is 0 Å². The molecule has 1 rings (SSSR count). The quantitative estimate of drug-likeness (QED) is 0.677. The van der Waals surface area contributed by atoms with E-state index in [1.165, 1.54) is 6.42 Å². The van der Waals surface area contributed by atoms with Gasteiger partial charge in [-0.1, -0.05) is 6.92 Å². The maximum Gasteiger partial charge on any atom is 0.0813 e. The predicted molar refractivity (Wildman–Crippen MR) is 52.9 cm³/mol. The van der Waals surface area contributed by atoms with Crippen LogP contribution in [0.1, 0.15) is 26.7 Å². The smallest absolute Gasteiger partial charge is 0.0813 e. The van der Waals surface area contributed by atoms with E-state index in [9.17, 15) is 0 Å². The highest BCUT2D eigenvalue weighted by Crippen LogP contribution is 2.19. The predicted octanol–water partition coefficient (Wildman–Crippen LogP) is 1.18. The van der Waals surface area contributed by atoms with Crippen molar-refractivity contribution in [1.82, 2.24) is 5.32 Å². The summed E-state index contributed by atoms with van der Waals surface area (Å²) in [4.78, 5) is 0. The number of hydrogen-bond donors (Lipinski definition) is 1.